The Morgan fingerprint density at radius 2 is 2.07 bits per heavy atom. The fourth-order valence-corrected chi connectivity index (χ4v) is 6.40. The molecule has 0 spiro atoms. The largest absolute Gasteiger partial charge is 0.495 e. The van der Waals surface area contributed by atoms with Crippen molar-refractivity contribution in [2.45, 2.75) is 66.5 Å². The van der Waals surface area contributed by atoms with Gasteiger partial charge in [0.2, 0.25) is 0 Å². The molecule has 3 atom stereocenters. The quantitative estimate of drug-likeness (QED) is 0.656. The molecule has 2 saturated carbocycles. The number of para-hydroxylation sites is 1. The molecule has 2 bridgehead atoms. The lowest BCUT2D eigenvalue weighted by Crippen LogP contribution is -2.52. The summed E-state index contributed by atoms with van der Waals surface area (Å²) in [6.07, 6.45) is 3.70. The van der Waals surface area contributed by atoms with E-state index < -0.39 is 0 Å². The Hall–Kier alpha value is -2.01. The summed E-state index contributed by atoms with van der Waals surface area (Å²) in [5.41, 5.74) is 3.03. The lowest BCUT2D eigenvalue weighted by Gasteiger charge is -2.43. The third kappa shape index (κ3) is 3.13. The summed E-state index contributed by atoms with van der Waals surface area (Å²) in [5.74, 6) is 1.52. The fraction of sp³-hybridized carbons (Fsp3) is 0.640. The molecular weight excluding hydrogens is 376 g/mol. The zero-order valence-electron chi connectivity index (χ0n) is 19.3. The number of nitrogens with zero attached hydrogens (tertiary/aromatic N) is 1. The van der Waals surface area contributed by atoms with Crippen LogP contribution in [0.2, 0.25) is 0 Å². The number of amides is 1. The van der Waals surface area contributed by atoms with Gasteiger partial charge in [0.15, 0.2) is 0 Å². The highest BCUT2D eigenvalue weighted by Gasteiger charge is 2.59. The van der Waals surface area contributed by atoms with Gasteiger partial charge < -0.3 is 19.4 Å². The molecule has 4 rings (SSSR count). The van der Waals surface area contributed by atoms with E-state index in [1.807, 2.05) is 32.0 Å². The predicted octanol–water partition coefficient (Wildman–Crippen LogP) is 4.94. The van der Waals surface area contributed by atoms with Gasteiger partial charge in [0, 0.05) is 30.3 Å². The van der Waals surface area contributed by atoms with Gasteiger partial charge in [-0.05, 0) is 55.9 Å². The molecule has 164 valence electrons. The van der Waals surface area contributed by atoms with Crippen LogP contribution in [0.1, 0.15) is 63.0 Å². The number of rotatable bonds is 7. The molecule has 1 heterocycles. The summed E-state index contributed by atoms with van der Waals surface area (Å²) >= 11 is 0. The van der Waals surface area contributed by atoms with Crippen LogP contribution in [-0.2, 0) is 11.3 Å². The number of ether oxygens (including phenoxy) is 2. The van der Waals surface area contributed by atoms with Crippen LogP contribution in [-0.4, -0.2) is 36.8 Å². The van der Waals surface area contributed by atoms with Gasteiger partial charge in [0.1, 0.15) is 5.75 Å². The van der Waals surface area contributed by atoms with Crippen molar-refractivity contribution in [1.29, 1.82) is 0 Å². The molecule has 1 N–H and O–H groups in total. The number of methoxy groups -OCH3 is 1. The van der Waals surface area contributed by atoms with Crippen LogP contribution in [0.5, 0.6) is 5.75 Å². The van der Waals surface area contributed by atoms with Crippen LogP contribution < -0.4 is 10.1 Å². The first-order chi connectivity index (χ1) is 14.2. The second kappa shape index (κ2) is 7.60. The number of aromatic nitrogens is 1. The first kappa shape index (κ1) is 21.2. The molecule has 2 aliphatic rings. The Kier molecular flexibility index (Phi) is 5.38. The second-order valence-electron chi connectivity index (χ2n) is 9.99. The highest BCUT2D eigenvalue weighted by molar-refractivity contribution is 6.09. The minimum atomic E-state index is 0.0350. The van der Waals surface area contributed by atoms with Gasteiger partial charge in [-0.3, -0.25) is 4.79 Å². The average molecular weight is 413 g/mol. The van der Waals surface area contributed by atoms with Crippen molar-refractivity contribution in [1.82, 2.24) is 9.88 Å². The van der Waals surface area contributed by atoms with Gasteiger partial charge in [-0.1, -0.05) is 32.9 Å². The molecule has 1 aromatic carbocycles. The lowest BCUT2D eigenvalue weighted by molar-refractivity contribution is 0.0738. The highest BCUT2D eigenvalue weighted by atomic mass is 16.5. The molecule has 2 fully saturated rings. The first-order valence-corrected chi connectivity index (χ1v) is 11.3. The number of nitrogens with one attached hydrogen (secondary N) is 1. The van der Waals surface area contributed by atoms with Crippen molar-refractivity contribution in [2.75, 3.05) is 20.3 Å². The summed E-state index contributed by atoms with van der Waals surface area (Å²) in [4.78, 5) is 13.7. The van der Waals surface area contributed by atoms with E-state index in [0.717, 1.165) is 27.9 Å². The van der Waals surface area contributed by atoms with E-state index in [4.69, 9.17) is 9.47 Å². The van der Waals surface area contributed by atoms with E-state index >= 15 is 0 Å². The predicted molar refractivity (Wildman–Crippen MR) is 120 cm³/mol. The van der Waals surface area contributed by atoms with Gasteiger partial charge in [-0.15, -0.1) is 0 Å². The van der Waals surface area contributed by atoms with Gasteiger partial charge >= 0.3 is 0 Å². The van der Waals surface area contributed by atoms with Crippen molar-refractivity contribution in [2.24, 2.45) is 16.7 Å². The Labute approximate surface area is 180 Å². The van der Waals surface area contributed by atoms with Crippen LogP contribution in [0, 0.1) is 23.7 Å². The maximum Gasteiger partial charge on any atom is 0.253 e. The summed E-state index contributed by atoms with van der Waals surface area (Å²) in [6.45, 7) is 13.0. The first-order valence-electron chi connectivity index (χ1n) is 11.3. The van der Waals surface area contributed by atoms with E-state index in [1.165, 1.54) is 19.3 Å². The van der Waals surface area contributed by atoms with Crippen LogP contribution >= 0.6 is 0 Å². The fourth-order valence-electron chi connectivity index (χ4n) is 6.40. The van der Waals surface area contributed by atoms with Crippen LogP contribution in [0.3, 0.4) is 0 Å². The highest BCUT2D eigenvalue weighted by Crippen LogP contribution is 2.62. The molecule has 2 aromatic rings. The van der Waals surface area contributed by atoms with Gasteiger partial charge in [-0.25, -0.2) is 0 Å². The normalized spacial score (nSPS) is 27.0. The zero-order chi connectivity index (χ0) is 21.7. The van der Waals surface area contributed by atoms with Gasteiger partial charge in [0.05, 0.1) is 24.8 Å². The smallest absolute Gasteiger partial charge is 0.253 e. The Morgan fingerprint density at radius 1 is 1.30 bits per heavy atom. The molecule has 0 aliphatic heterocycles. The molecule has 5 nitrogen and oxygen atoms in total. The minimum Gasteiger partial charge on any atom is -0.495 e. The number of hydrogen-bond acceptors (Lipinski definition) is 3. The summed E-state index contributed by atoms with van der Waals surface area (Å²) < 4.78 is 13.4. The molecule has 2 unspecified atom stereocenters. The zero-order valence-corrected chi connectivity index (χ0v) is 19.3. The standard InChI is InChI=1S/C25H36N2O3/c1-7-30-14-13-27-16(2)20(18-9-8-10-19(29-6)21(18)27)22(28)26-23-24(3,4)17-11-12-25(23,5)15-17/h8-10,17,23H,7,11-15H2,1-6H3,(H,26,28)/t17-,23?,25?/m1/s1. The molecule has 1 aromatic heterocycles. The molecule has 2 aliphatic carbocycles. The van der Waals surface area contributed by atoms with E-state index in [2.05, 4.69) is 30.7 Å². The molecule has 30 heavy (non-hydrogen) atoms. The third-order valence-corrected chi connectivity index (χ3v) is 7.96. The number of carbonyl (C=O) groups excluding carboxylic acids is 1. The van der Waals surface area contributed by atoms with Crippen molar-refractivity contribution in [3.05, 3.63) is 29.5 Å². The van der Waals surface area contributed by atoms with E-state index in [0.29, 0.717) is 25.7 Å². The second-order valence-corrected chi connectivity index (χ2v) is 9.99. The van der Waals surface area contributed by atoms with Crippen LogP contribution in [0.25, 0.3) is 10.9 Å². The maximum absolute atomic E-state index is 13.7. The molecule has 1 amide bonds. The topological polar surface area (TPSA) is 52.5 Å². The van der Waals surface area contributed by atoms with Gasteiger partial charge in [-0.2, -0.15) is 0 Å². The summed E-state index contributed by atoms with van der Waals surface area (Å²) in [7, 11) is 1.68. The molecule has 5 heteroatoms. The van der Waals surface area contributed by atoms with Crippen molar-refractivity contribution >= 4 is 16.8 Å². The average Bonchev–Trinajstić information content (AvgIpc) is 3.30. The number of benzene rings is 1. The number of carbonyl (C=O) groups is 1. The number of hydrogen-bond donors (Lipinski definition) is 1. The van der Waals surface area contributed by atoms with E-state index in [9.17, 15) is 4.79 Å². The minimum absolute atomic E-state index is 0.0350. The van der Waals surface area contributed by atoms with E-state index in [1.54, 1.807) is 7.11 Å². The Balaban J connectivity index is 1.73. The third-order valence-electron chi connectivity index (χ3n) is 7.96. The lowest BCUT2D eigenvalue weighted by atomic mass is 9.68. The monoisotopic (exact) mass is 412 g/mol. The molecule has 0 saturated heterocycles. The summed E-state index contributed by atoms with van der Waals surface area (Å²) in [5, 5.41) is 4.43. The van der Waals surface area contributed by atoms with Crippen molar-refractivity contribution in [3.8, 4) is 5.75 Å². The maximum atomic E-state index is 13.7. The van der Waals surface area contributed by atoms with E-state index in [-0.39, 0.29) is 22.8 Å². The van der Waals surface area contributed by atoms with Crippen molar-refractivity contribution < 1.29 is 14.3 Å². The summed E-state index contributed by atoms with van der Waals surface area (Å²) in [6, 6.07) is 6.15. The number of fused-ring (bicyclic) bond motifs is 3. The van der Waals surface area contributed by atoms with Crippen LogP contribution in [0.15, 0.2) is 18.2 Å². The van der Waals surface area contributed by atoms with Crippen molar-refractivity contribution in [3.63, 3.8) is 0 Å². The SMILES string of the molecule is CCOCCn1c(C)c(C(=O)NC2C3(C)CC[C@H](C3)C2(C)C)c2cccc(OC)c21. The molecular formula is C25H36N2O3. The van der Waals surface area contributed by atoms with Gasteiger partial charge in [0.25, 0.3) is 5.91 Å². The Bertz CT molecular complexity index is 956. The van der Waals surface area contributed by atoms with Crippen LogP contribution in [0.4, 0.5) is 0 Å². The Morgan fingerprint density at radius 3 is 2.70 bits per heavy atom. The molecule has 0 radical (unpaired) electrons.